The molecule has 5 nitrogen and oxygen atoms in total. The molecule has 3 rings (SSSR count). The maximum Gasteiger partial charge on any atom is 0.258 e. The minimum absolute atomic E-state index is 0.399. The van der Waals surface area contributed by atoms with E-state index >= 15 is 0 Å². The number of hydrogen-bond acceptors (Lipinski definition) is 4. The van der Waals surface area contributed by atoms with Crippen LogP contribution in [0.5, 0.6) is 5.75 Å². The first kappa shape index (κ1) is 20.2. The molecule has 1 atom stereocenters. The number of likely N-dealkylation sites (tertiary alicyclic amines) is 1. The minimum atomic E-state index is -0.589. The van der Waals surface area contributed by atoms with E-state index in [2.05, 4.69) is 17.0 Å². The predicted octanol–water partition coefficient (Wildman–Crippen LogP) is 2.74. The number of amides is 1. The fourth-order valence-electron chi connectivity index (χ4n) is 4.46. The van der Waals surface area contributed by atoms with Gasteiger partial charge in [-0.05, 0) is 107 Å². The van der Waals surface area contributed by atoms with Crippen molar-refractivity contribution in [1.82, 2.24) is 4.90 Å². The van der Waals surface area contributed by atoms with E-state index in [4.69, 9.17) is 16.2 Å². The molecule has 5 heteroatoms. The molecule has 1 fully saturated rings. The highest BCUT2D eigenvalue weighted by molar-refractivity contribution is 5.78. The van der Waals surface area contributed by atoms with Crippen molar-refractivity contribution in [3.05, 3.63) is 28.8 Å². The fourth-order valence-corrected chi connectivity index (χ4v) is 4.46. The Labute approximate surface area is 163 Å². The van der Waals surface area contributed by atoms with Gasteiger partial charge in [0, 0.05) is 0 Å². The molecule has 27 heavy (non-hydrogen) atoms. The van der Waals surface area contributed by atoms with Gasteiger partial charge in [0.2, 0.25) is 0 Å². The monoisotopic (exact) mass is 373 g/mol. The number of nitrogens with two attached hydrogens (primary N) is 2. The Hall–Kier alpha value is -1.59. The van der Waals surface area contributed by atoms with Crippen molar-refractivity contribution in [2.75, 3.05) is 26.2 Å². The molecule has 0 spiro atoms. The van der Waals surface area contributed by atoms with Gasteiger partial charge in [0.15, 0.2) is 6.10 Å². The van der Waals surface area contributed by atoms with E-state index in [1.165, 1.54) is 36.0 Å². The summed E-state index contributed by atoms with van der Waals surface area (Å²) >= 11 is 0. The molecule has 1 aromatic carbocycles. The number of nitrogens with zero attached hydrogens (tertiary/aromatic N) is 1. The molecular weight excluding hydrogens is 338 g/mol. The summed E-state index contributed by atoms with van der Waals surface area (Å²) in [5.74, 6) is 1.06. The van der Waals surface area contributed by atoms with Gasteiger partial charge >= 0.3 is 0 Å². The van der Waals surface area contributed by atoms with Crippen LogP contribution < -0.4 is 16.2 Å². The van der Waals surface area contributed by atoms with Crippen LogP contribution in [0.2, 0.25) is 0 Å². The SMILES string of the molecule is CC(Oc1c(C2CCN(CCCCN)CC2)ccc2c1CCCC2)C(N)=O. The highest BCUT2D eigenvalue weighted by Gasteiger charge is 2.27. The first-order valence-corrected chi connectivity index (χ1v) is 10.6. The Morgan fingerprint density at radius 3 is 2.67 bits per heavy atom. The topological polar surface area (TPSA) is 81.6 Å². The summed E-state index contributed by atoms with van der Waals surface area (Å²) in [4.78, 5) is 14.2. The smallest absolute Gasteiger partial charge is 0.258 e. The van der Waals surface area contributed by atoms with E-state index in [0.717, 1.165) is 64.0 Å². The molecular formula is C22H35N3O2. The zero-order valence-electron chi connectivity index (χ0n) is 16.7. The van der Waals surface area contributed by atoms with Crippen molar-refractivity contribution in [1.29, 1.82) is 0 Å². The lowest BCUT2D eigenvalue weighted by Gasteiger charge is -2.34. The second-order valence-electron chi connectivity index (χ2n) is 8.10. The zero-order chi connectivity index (χ0) is 19.2. The van der Waals surface area contributed by atoms with Crippen LogP contribution in [0.15, 0.2) is 12.1 Å². The fraction of sp³-hybridized carbons (Fsp3) is 0.682. The van der Waals surface area contributed by atoms with Crippen LogP contribution in [-0.2, 0) is 17.6 Å². The van der Waals surface area contributed by atoms with Gasteiger partial charge in [0.1, 0.15) is 5.75 Å². The molecule has 0 saturated carbocycles. The Bertz CT molecular complexity index is 639. The van der Waals surface area contributed by atoms with Crippen LogP contribution in [0.1, 0.15) is 68.1 Å². The molecule has 1 amide bonds. The zero-order valence-corrected chi connectivity index (χ0v) is 16.7. The third-order valence-corrected chi connectivity index (χ3v) is 6.16. The summed E-state index contributed by atoms with van der Waals surface area (Å²) < 4.78 is 6.16. The molecule has 1 unspecified atom stereocenters. The van der Waals surface area contributed by atoms with E-state index in [9.17, 15) is 4.79 Å². The lowest BCUT2D eigenvalue weighted by atomic mass is 9.83. The van der Waals surface area contributed by atoms with Gasteiger partial charge in [-0.2, -0.15) is 0 Å². The Morgan fingerprint density at radius 1 is 1.22 bits per heavy atom. The highest BCUT2D eigenvalue weighted by Crippen LogP contribution is 2.40. The predicted molar refractivity (Wildman–Crippen MR) is 109 cm³/mol. The summed E-state index contributed by atoms with van der Waals surface area (Å²) in [6, 6.07) is 4.54. The van der Waals surface area contributed by atoms with Gasteiger partial charge in [-0.1, -0.05) is 12.1 Å². The van der Waals surface area contributed by atoms with Crippen molar-refractivity contribution in [3.63, 3.8) is 0 Å². The average Bonchev–Trinajstić information content (AvgIpc) is 2.69. The molecule has 150 valence electrons. The summed E-state index contributed by atoms with van der Waals surface area (Å²) in [6.07, 6.45) is 8.56. The second-order valence-corrected chi connectivity index (χ2v) is 8.10. The molecule has 4 N–H and O–H groups in total. The number of carbonyl (C=O) groups is 1. The number of rotatable bonds is 8. The number of benzene rings is 1. The lowest BCUT2D eigenvalue weighted by molar-refractivity contribution is -0.124. The average molecular weight is 374 g/mol. The van der Waals surface area contributed by atoms with Gasteiger partial charge in [0.25, 0.3) is 5.91 Å². The van der Waals surface area contributed by atoms with Gasteiger partial charge in [-0.3, -0.25) is 4.79 Å². The van der Waals surface area contributed by atoms with E-state index in [1.54, 1.807) is 6.92 Å². The van der Waals surface area contributed by atoms with Crippen LogP contribution in [0.25, 0.3) is 0 Å². The number of hydrogen-bond donors (Lipinski definition) is 2. The highest BCUT2D eigenvalue weighted by atomic mass is 16.5. The van der Waals surface area contributed by atoms with Crippen LogP contribution in [-0.4, -0.2) is 43.1 Å². The number of unbranched alkanes of at least 4 members (excludes halogenated alkanes) is 1. The third-order valence-electron chi connectivity index (χ3n) is 6.16. The summed E-state index contributed by atoms with van der Waals surface area (Å²) in [7, 11) is 0. The van der Waals surface area contributed by atoms with Gasteiger partial charge in [-0.15, -0.1) is 0 Å². The Kier molecular flexibility index (Phi) is 7.13. The quantitative estimate of drug-likeness (QED) is 0.687. The van der Waals surface area contributed by atoms with Crippen molar-refractivity contribution >= 4 is 5.91 Å². The second kappa shape index (κ2) is 9.56. The number of piperidine rings is 1. The van der Waals surface area contributed by atoms with E-state index in [1.807, 2.05) is 0 Å². The molecule has 0 aromatic heterocycles. The summed E-state index contributed by atoms with van der Waals surface area (Å²) in [6.45, 7) is 5.93. The molecule has 0 bridgehead atoms. The number of fused-ring (bicyclic) bond motifs is 1. The number of ether oxygens (including phenoxy) is 1. The largest absolute Gasteiger partial charge is 0.480 e. The molecule has 0 radical (unpaired) electrons. The van der Waals surface area contributed by atoms with E-state index in [0.29, 0.717) is 5.92 Å². The standard InChI is InChI=1S/C22H35N3O2/c1-16(22(24)26)27-21-19-7-3-2-6-17(19)8-9-20(21)18-10-14-25(15-11-18)13-5-4-12-23/h8-9,16,18H,2-7,10-15,23H2,1H3,(H2,24,26). The number of carbonyl (C=O) groups excluding carboxylic acids is 1. The Morgan fingerprint density at radius 2 is 1.96 bits per heavy atom. The Balaban J connectivity index is 1.75. The first-order chi connectivity index (χ1) is 13.1. The number of primary amides is 1. The normalized spacial score (nSPS) is 19.5. The number of aryl methyl sites for hydroxylation is 1. The van der Waals surface area contributed by atoms with Gasteiger partial charge in [0.05, 0.1) is 0 Å². The first-order valence-electron chi connectivity index (χ1n) is 10.6. The van der Waals surface area contributed by atoms with Crippen LogP contribution >= 0.6 is 0 Å². The maximum atomic E-state index is 11.6. The van der Waals surface area contributed by atoms with Gasteiger partial charge < -0.3 is 21.1 Å². The van der Waals surface area contributed by atoms with Crippen molar-refractivity contribution in [2.24, 2.45) is 11.5 Å². The van der Waals surface area contributed by atoms with Crippen molar-refractivity contribution < 1.29 is 9.53 Å². The molecule has 1 saturated heterocycles. The molecule has 2 aliphatic rings. The molecule has 1 heterocycles. The summed E-state index contributed by atoms with van der Waals surface area (Å²) in [5, 5.41) is 0. The maximum absolute atomic E-state index is 11.6. The van der Waals surface area contributed by atoms with Crippen LogP contribution in [0.3, 0.4) is 0 Å². The van der Waals surface area contributed by atoms with E-state index < -0.39 is 12.0 Å². The molecule has 1 aliphatic heterocycles. The van der Waals surface area contributed by atoms with Crippen LogP contribution in [0.4, 0.5) is 0 Å². The summed E-state index contributed by atoms with van der Waals surface area (Å²) in [5.41, 5.74) is 15.1. The third kappa shape index (κ3) is 5.02. The van der Waals surface area contributed by atoms with E-state index in [-0.39, 0.29) is 0 Å². The van der Waals surface area contributed by atoms with Crippen molar-refractivity contribution in [2.45, 2.75) is 70.3 Å². The molecule has 1 aliphatic carbocycles. The van der Waals surface area contributed by atoms with Gasteiger partial charge in [-0.25, -0.2) is 0 Å². The van der Waals surface area contributed by atoms with Crippen molar-refractivity contribution in [3.8, 4) is 5.75 Å². The minimum Gasteiger partial charge on any atom is -0.480 e. The van der Waals surface area contributed by atoms with Crippen LogP contribution in [0, 0.1) is 0 Å². The molecule has 1 aromatic rings. The lowest BCUT2D eigenvalue weighted by Crippen LogP contribution is -2.35.